The van der Waals surface area contributed by atoms with Crippen LogP contribution in [0, 0.1) is 10.1 Å². The highest BCUT2D eigenvalue weighted by Crippen LogP contribution is 2.22. The number of amides is 1. The first-order valence-electron chi connectivity index (χ1n) is 6.34. The van der Waals surface area contributed by atoms with Crippen LogP contribution in [-0.2, 0) is 6.42 Å². The third-order valence-electron chi connectivity index (χ3n) is 2.95. The molecular formula is C14H15N3O3S. The van der Waals surface area contributed by atoms with Crippen LogP contribution in [-0.4, -0.2) is 16.9 Å². The summed E-state index contributed by atoms with van der Waals surface area (Å²) < 4.78 is 0. The van der Waals surface area contributed by atoms with E-state index in [1.165, 1.54) is 23.1 Å². The lowest BCUT2D eigenvalue weighted by atomic mass is 10.1. The van der Waals surface area contributed by atoms with E-state index in [-0.39, 0.29) is 23.3 Å². The van der Waals surface area contributed by atoms with Gasteiger partial charge in [0.05, 0.1) is 4.92 Å². The molecule has 6 nitrogen and oxygen atoms in total. The van der Waals surface area contributed by atoms with Gasteiger partial charge < -0.3 is 11.1 Å². The van der Waals surface area contributed by atoms with Crippen molar-refractivity contribution in [2.75, 3.05) is 5.73 Å². The maximum absolute atomic E-state index is 12.1. The lowest BCUT2D eigenvalue weighted by Crippen LogP contribution is -2.33. The second-order valence-electron chi connectivity index (χ2n) is 4.69. The molecule has 7 heteroatoms. The Morgan fingerprint density at radius 3 is 2.81 bits per heavy atom. The lowest BCUT2D eigenvalue weighted by Gasteiger charge is -2.13. The average Bonchev–Trinajstić information content (AvgIpc) is 2.90. The maximum atomic E-state index is 12.1. The average molecular weight is 305 g/mol. The molecule has 0 fully saturated rings. The molecule has 3 N–H and O–H groups in total. The maximum Gasteiger partial charge on any atom is 0.292 e. The zero-order valence-corrected chi connectivity index (χ0v) is 12.2. The molecule has 21 heavy (non-hydrogen) atoms. The quantitative estimate of drug-likeness (QED) is 0.504. The number of nitrogens with one attached hydrogen (secondary N) is 1. The Labute approximate surface area is 125 Å². The molecule has 2 rings (SSSR count). The van der Waals surface area contributed by atoms with Crippen LogP contribution in [0.3, 0.4) is 0 Å². The summed E-state index contributed by atoms with van der Waals surface area (Å²) in [6.07, 6.45) is 0.742. The van der Waals surface area contributed by atoms with Crippen LogP contribution in [0.25, 0.3) is 0 Å². The van der Waals surface area contributed by atoms with Gasteiger partial charge in [0.25, 0.3) is 11.6 Å². The Kier molecular flexibility index (Phi) is 4.54. The molecule has 1 heterocycles. The van der Waals surface area contributed by atoms with E-state index in [2.05, 4.69) is 5.32 Å². The van der Waals surface area contributed by atoms with Gasteiger partial charge in [0.1, 0.15) is 5.69 Å². The summed E-state index contributed by atoms with van der Waals surface area (Å²) in [5.74, 6) is -0.291. The molecule has 0 saturated heterocycles. The number of nitrogen functional groups attached to an aromatic ring is 1. The van der Waals surface area contributed by atoms with Crippen LogP contribution in [0.4, 0.5) is 11.4 Å². The van der Waals surface area contributed by atoms with Gasteiger partial charge in [-0.25, -0.2) is 0 Å². The summed E-state index contributed by atoms with van der Waals surface area (Å²) >= 11 is 1.64. The van der Waals surface area contributed by atoms with E-state index < -0.39 is 4.92 Å². The van der Waals surface area contributed by atoms with E-state index in [9.17, 15) is 14.9 Å². The van der Waals surface area contributed by atoms with E-state index >= 15 is 0 Å². The second-order valence-corrected chi connectivity index (χ2v) is 5.72. The van der Waals surface area contributed by atoms with Crippen molar-refractivity contribution in [3.8, 4) is 0 Å². The number of nitro benzene ring substituents is 1. The van der Waals surface area contributed by atoms with E-state index in [0.717, 1.165) is 6.42 Å². The predicted octanol–water partition coefficient (Wildman–Crippen LogP) is 2.60. The van der Waals surface area contributed by atoms with Crippen molar-refractivity contribution in [3.05, 3.63) is 56.3 Å². The molecule has 0 saturated carbocycles. The lowest BCUT2D eigenvalue weighted by molar-refractivity contribution is -0.383. The molecule has 0 radical (unpaired) electrons. The van der Waals surface area contributed by atoms with Crippen molar-refractivity contribution >= 4 is 28.6 Å². The summed E-state index contributed by atoms with van der Waals surface area (Å²) in [5.41, 5.74) is 5.69. The Hall–Kier alpha value is -2.41. The number of nitrogens with zero attached hydrogens (tertiary/aromatic N) is 1. The standard InChI is InChI=1S/C14H15N3O3S/c1-9(7-11-3-2-6-21-11)16-14(18)10-4-5-13(17(19)20)12(15)8-10/h2-6,8-9H,7,15H2,1H3,(H,16,18). The number of hydrogen-bond donors (Lipinski definition) is 2. The molecule has 1 aromatic heterocycles. The molecule has 1 amide bonds. The van der Waals surface area contributed by atoms with Crippen molar-refractivity contribution in [1.82, 2.24) is 5.32 Å². The highest BCUT2D eigenvalue weighted by Gasteiger charge is 2.16. The number of thiophene rings is 1. The summed E-state index contributed by atoms with van der Waals surface area (Å²) in [7, 11) is 0. The predicted molar refractivity (Wildman–Crippen MR) is 82.5 cm³/mol. The number of benzene rings is 1. The smallest absolute Gasteiger partial charge is 0.292 e. The van der Waals surface area contributed by atoms with E-state index in [1.54, 1.807) is 11.3 Å². The topological polar surface area (TPSA) is 98.3 Å². The summed E-state index contributed by atoms with van der Waals surface area (Å²) in [6, 6.07) is 7.91. The first-order valence-corrected chi connectivity index (χ1v) is 7.22. The molecule has 0 aliphatic rings. The summed E-state index contributed by atoms with van der Waals surface area (Å²) in [6.45, 7) is 1.91. The van der Waals surface area contributed by atoms with Gasteiger partial charge in [-0.05, 0) is 30.5 Å². The Bertz CT molecular complexity index is 655. The zero-order valence-electron chi connectivity index (χ0n) is 11.4. The molecule has 0 bridgehead atoms. The van der Waals surface area contributed by atoms with Crippen molar-refractivity contribution in [2.45, 2.75) is 19.4 Å². The van der Waals surface area contributed by atoms with Crippen LogP contribution in [0.2, 0.25) is 0 Å². The first kappa shape index (κ1) is 15.0. The van der Waals surface area contributed by atoms with Crippen LogP contribution < -0.4 is 11.1 Å². The number of carbonyl (C=O) groups is 1. The normalized spacial score (nSPS) is 11.9. The van der Waals surface area contributed by atoms with Gasteiger partial charge in [-0.3, -0.25) is 14.9 Å². The Morgan fingerprint density at radius 2 is 2.24 bits per heavy atom. The monoisotopic (exact) mass is 305 g/mol. The molecular weight excluding hydrogens is 290 g/mol. The molecule has 1 unspecified atom stereocenters. The molecule has 0 aliphatic heterocycles. The fourth-order valence-electron chi connectivity index (χ4n) is 1.95. The van der Waals surface area contributed by atoms with Crippen LogP contribution in [0.5, 0.6) is 0 Å². The van der Waals surface area contributed by atoms with Crippen molar-refractivity contribution in [3.63, 3.8) is 0 Å². The fourth-order valence-corrected chi connectivity index (χ4v) is 2.79. The number of nitrogens with two attached hydrogens (primary N) is 1. The van der Waals surface area contributed by atoms with E-state index in [4.69, 9.17) is 5.73 Å². The minimum absolute atomic E-state index is 0.0152. The SMILES string of the molecule is CC(Cc1cccs1)NC(=O)c1ccc([N+](=O)[O-])c(N)c1. The Balaban J connectivity index is 2.03. The number of rotatable bonds is 5. The number of nitro groups is 1. The van der Waals surface area contributed by atoms with E-state index in [0.29, 0.717) is 5.56 Å². The van der Waals surface area contributed by atoms with Crippen LogP contribution in [0.15, 0.2) is 35.7 Å². The number of hydrogen-bond acceptors (Lipinski definition) is 5. The van der Waals surface area contributed by atoms with Gasteiger partial charge in [-0.15, -0.1) is 11.3 Å². The molecule has 1 aromatic carbocycles. The second kappa shape index (κ2) is 6.36. The largest absolute Gasteiger partial charge is 0.393 e. The highest BCUT2D eigenvalue weighted by atomic mass is 32.1. The third kappa shape index (κ3) is 3.79. The Morgan fingerprint density at radius 1 is 1.48 bits per heavy atom. The van der Waals surface area contributed by atoms with Gasteiger partial charge in [-0.1, -0.05) is 6.07 Å². The van der Waals surface area contributed by atoms with Gasteiger partial charge in [0.2, 0.25) is 0 Å². The molecule has 110 valence electrons. The summed E-state index contributed by atoms with van der Waals surface area (Å²) in [4.78, 5) is 23.4. The van der Waals surface area contributed by atoms with Gasteiger partial charge >= 0.3 is 0 Å². The fraction of sp³-hybridized carbons (Fsp3) is 0.214. The van der Waals surface area contributed by atoms with Crippen LogP contribution >= 0.6 is 11.3 Å². The third-order valence-corrected chi connectivity index (χ3v) is 3.85. The minimum Gasteiger partial charge on any atom is -0.393 e. The van der Waals surface area contributed by atoms with E-state index in [1.807, 2.05) is 24.4 Å². The number of carbonyl (C=O) groups excluding carboxylic acids is 1. The van der Waals surface area contributed by atoms with Gasteiger partial charge in [0.15, 0.2) is 0 Å². The van der Waals surface area contributed by atoms with Crippen molar-refractivity contribution in [1.29, 1.82) is 0 Å². The van der Waals surface area contributed by atoms with Crippen molar-refractivity contribution < 1.29 is 9.72 Å². The molecule has 2 aromatic rings. The van der Waals surface area contributed by atoms with Crippen LogP contribution in [0.1, 0.15) is 22.2 Å². The van der Waals surface area contributed by atoms with Gasteiger partial charge in [0, 0.05) is 29.0 Å². The molecule has 0 aliphatic carbocycles. The zero-order chi connectivity index (χ0) is 15.4. The highest BCUT2D eigenvalue weighted by molar-refractivity contribution is 7.09. The van der Waals surface area contributed by atoms with Crippen molar-refractivity contribution in [2.24, 2.45) is 0 Å². The van der Waals surface area contributed by atoms with Gasteiger partial charge in [-0.2, -0.15) is 0 Å². The molecule has 0 spiro atoms. The molecule has 1 atom stereocenters. The number of anilines is 1. The first-order chi connectivity index (χ1) is 9.97. The summed E-state index contributed by atoms with van der Waals surface area (Å²) in [5, 5.41) is 15.5. The minimum atomic E-state index is -0.573.